The smallest absolute Gasteiger partial charge is 0.179 e. The van der Waals surface area contributed by atoms with Gasteiger partial charge in [-0.1, -0.05) is 0 Å². The predicted octanol–water partition coefficient (Wildman–Crippen LogP) is -0.927. The van der Waals surface area contributed by atoms with E-state index in [0.717, 1.165) is 0 Å². The van der Waals surface area contributed by atoms with E-state index in [9.17, 15) is 0 Å². The Kier molecular flexibility index (Phi) is 6.67. The van der Waals surface area contributed by atoms with Crippen molar-refractivity contribution in [2.45, 2.75) is 19.6 Å². The van der Waals surface area contributed by atoms with E-state index in [2.05, 4.69) is 0 Å². The highest BCUT2D eigenvalue weighted by molar-refractivity contribution is 6.68. The van der Waals surface area contributed by atoms with Crippen molar-refractivity contribution >= 4 is 18.8 Å². The van der Waals surface area contributed by atoms with Crippen LogP contribution in [0.3, 0.4) is 0 Å². The lowest BCUT2D eigenvalue weighted by Gasteiger charge is -2.00. The van der Waals surface area contributed by atoms with Crippen LogP contribution in [0.2, 0.25) is 19.6 Å². The van der Waals surface area contributed by atoms with Gasteiger partial charge in [-0.3, -0.25) is 0 Å². The lowest BCUT2D eigenvalue weighted by atomic mass is 11.8. The first-order chi connectivity index (χ1) is 3.00. The van der Waals surface area contributed by atoms with Crippen molar-refractivity contribution < 1.29 is 9.59 Å². The fraction of sp³-hybridized carbons (Fsp3) is 1.00. The summed E-state index contributed by atoms with van der Waals surface area (Å²) in [6, 6.07) is 0. The molecule has 0 aromatic heterocycles. The molecule has 4 heteroatoms. The number of hydrogen-bond acceptors (Lipinski definition) is 2. The van der Waals surface area contributed by atoms with Gasteiger partial charge in [-0.05, 0) is 19.6 Å². The molecule has 0 rings (SSSR count). The van der Waals surface area contributed by atoms with Gasteiger partial charge in [-0.15, -0.1) is 0 Å². The maximum absolute atomic E-state index is 8.66. The molecule has 0 aliphatic heterocycles. The first-order valence-electron chi connectivity index (χ1n) is 2.17. The Bertz CT molecular complexity index is 26.4. The Labute approximate surface area is 48.9 Å². The van der Waals surface area contributed by atoms with Gasteiger partial charge >= 0.3 is 0 Å². The van der Waals surface area contributed by atoms with Crippen LogP contribution in [0, 0.1) is 0 Å². The summed E-state index contributed by atoms with van der Waals surface area (Å²) in [5, 5.41) is 0. The van der Waals surface area contributed by atoms with Crippen LogP contribution in [0.25, 0.3) is 0 Å². The zero-order chi connectivity index (χ0) is 6.50. The summed E-state index contributed by atoms with van der Waals surface area (Å²) in [5.41, 5.74) is 0. The molecule has 0 spiro atoms. The van der Waals surface area contributed by atoms with Crippen molar-refractivity contribution in [3.8, 4) is 0 Å². The minimum atomic E-state index is -1.61. The molecule has 0 unspecified atom stereocenters. The Morgan fingerprint density at radius 1 is 1.14 bits per heavy atom. The molecule has 0 bridgehead atoms. The highest BCUT2D eigenvalue weighted by atomic mass is 28.4. The average Bonchev–Trinajstić information content (AvgIpc) is 1.36. The maximum atomic E-state index is 8.66. The second kappa shape index (κ2) is 4.51. The molecule has 0 aliphatic carbocycles. The summed E-state index contributed by atoms with van der Waals surface area (Å²) in [6.07, 6.45) is 0. The summed E-state index contributed by atoms with van der Waals surface area (Å²) >= 11 is 0. The Morgan fingerprint density at radius 2 is 1.14 bits per heavy atom. The third kappa shape index (κ3) is 962. The molecule has 0 atom stereocenters. The highest BCUT2D eigenvalue weighted by Gasteiger charge is 2.03. The SMILES string of the molecule is C[Si](C)(C)O.O[SiH3]. The van der Waals surface area contributed by atoms with Crippen LogP contribution >= 0.6 is 0 Å². The molecule has 0 aliphatic rings. The molecular weight excluding hydrogens is 124 g/mol. The molecule has 0 amide bonds. The van der Waals surface area contributed by atoms with Crippen LogP contribution in [-0.2, 0) is 0 Å². The highest BCUT2D eigenvalue weighted by Crippen LogP contribution is 1.88. The van der Waals surface area contributed by atoms with E-state index < -0.39 is 8.32 Å². The van der Waals surface area contributed by atoms with Gasteiger partial charge in [-0.2, -0.15) is 0 Å². The van der Waals surface area contributed by atoms with Gasteiger partial charge < -0.3 is 9.59 Å². The minimum absolute atomic E-state index is 0.306. The summed E-state index contributed by atoms with van der Waals surface area (Å²) in [6.45, 7) is 5.65. The number of rotatable bonds is 0. The van der Waals surface area contributed by atoms with Crippen molar-refractivity contribution in [3.05, 3.63) is 0 Å². The molecule has 0 heterocycles. The van der Waals surface area contributed by atoms with Gasteiger partial charge in [0.2, 0.25) is 0 Å². The van der Waals surface area contributed by atoms with E-state index in [4.69, 9.17) is 9.59 Å². The van der Waals surface area contributed by atoms with E-state index >= 15 is 0 Å². The minimum Gasteiger partial charge on any atom is -0.442 e. The quantitative estimate of drug-likeness (QED) is 0.425. The maximum Gasteiger partial charge on any atom is 0.179 e. The molecule has 0 fully saturated rings. The summed E-state index contributed by atoms with van der Waals surface area (Å²) in [7, 11) is -1.31. The zero-order valence-corrected chi connectivity index (χ0v) is 8.39. The van der Waals surface area contributed by atoms with Crippen molar-refractivity contribution in [2.75, 3.05) is 0 Å². The Balaban J connectivity index is 0. The summed E-state index contributed by atoms with van der Waals surface area (Å²) in [5.74, 6) is 0. The zero-order valence-electron chi connectivity index (χ0n) is 5.39. The van der Waals surface area contributed by atoms with Crippen molar-refractivity contribution in [3.63, 3.8) is 0 Å². The first kappa shape index (κ1) is 10.4. The summed E-state index contributed by atoms with van der Waals surface area (Å²) < 4.78 is 0. The molecule has 0 aromatic carbocycles. The molecule has 0 saturated carbocycles. The second-order valence-electron chi connectivity index (χ2n) is 2.17. The Morgan fingerprint density at radius 3 is 1.14 bits per heavy atom. The van der Waals surface area contributed by atoms with Crippen LogP contribution in [0.1, 0.15) is 0 Å². The van der Waals surface area contributed by atoms with Crippen LogP contribution in [0.4, 0.5) is 0 Å². The van der Waals surface area contributed by atoms with Crippen molar-refractivity contribution in [2.24, 2.45) is 0 Å². The van der Waals surface area contributed by atoms with E-state index in [1.54, 1.807) is 0 Å². The molecular formula is C3H14O2Si2. The summed E-state index contributed by atoms with van der Waals surface area (Å²) in [4.78, 5) is 15.8. The van der Waals surface area contributed by atoms with E-state index in [1.807, 2.05) is 19.6 Å². The van der Waals surface area contributed by atoms with E-state index in [0.29, 0.717) is 10.5 Å². The fourth-order valence-corrected chi connectivity index (χ4v) is 0. The molecule has 2 nitrogen and oxygen atoms in total. The second-order valence-corrected chi connectivity index (χ2v) is 6.51. The Hall–Kier alpha value is 0.354. The van der Waals surface area contributed by atoms with Crippen molar-refractivity contribution in [1.82, 2.24) is 0 Å². The predicted molar refractivity (Wildman–Crippen MR) is 37.7 cm³/mol. The monoisotopic (exact) mass is 138 g/mol. The topological polar surface area (TPSA) is 40.5 Å². The molecule has 0 aromatic rings. The molecule has 7 heavy (non-hydrogen) atoms. The molecule has 0 saturated heterocycles. The van der Waals surface area contributed by atoms with Crippen LogP contribution in [-0.4, -0.2) is 28.4 Å². The van der Waals surface area contributed by atoms with Gasteiger partial charge in [0.15, 0.2) is 8.32 Å². The standard InChI is InChI=1S/C3H10OSi.H4OSi/c1-5(2,3)4;1-2/h4H,1-3H3;1H,2H3. The number of hydrogen-bond donors (Lipinski definition) is 2. The van der Waals surface area contributed by atoms with Crippen LogP contribution in [0.5, 0.6) is 0 Å². The van der Waals surface area contributed by atoms with Gasteiger partial charge in [0.25, 0.3) is 0 Å². The van der Waals surface area contributed by atoms with Gasteiger partial charge in [0.1, 0.15) is 10.5 Å². The molecule has 0 radical (unpaired) electrons. The average molecular weight is 138 g/mol. The van der Waals surface area contributed by atoms with E-state index in [-0.39, 0.29) is 0 Å². The van der Waals surface area contributed by atoms with Crippen molar-refractivity contribution in [1.29, 1.82) is 0 Å². The third-order valence-corrected chi connectivity index (χ3v) is 0. The molecule has 2 N–H and O–H groups in total. The third-order valence-electron chi connectivity index (χ3n) is 0. The fourth-order valence-electron chi connectivity index (χ4n) is 0. The van der Waals surface area contributed by atoms with Gasteiger partial charge in [0.05, 0.1) is 0 Å². The van der Waals surface area contributed by atoms with Gasteiger partial charge in [-0.25, -0.2) is 0 Å². The molecule has 46 valence electrons. The first-order valence-corrected chi connectivity index (χ1v) is 6.51. The lowest BCUT2D eigenvalue weighted by molar-refractivity contribution is 0.561. The largest absolute Gasteiger partial charge is 0.442 e. The van der Waals surface area contributed by atoms with Crippen LogP contribution in [0.15, 0.2) is 0 Å². The van der Waals surface area contributed by atoms with Crippen LogP contribution < -0.4 is 0 Å². The normalized spacial score (nSPS) is 9.86. The van der Waals surface area contributed by atoms with Gasteiger partial charge in [0, 0.05) is 0 Å². The van der Waals surface area contributed by atoms with E-state index in [1.165, 1.54) is 0 Å². The lowest BCUT2D eigenvalue weighted by Crippen LogP contribution is -2.17.